The minimum atomic E-state index is 0. The maximum absolute atomic E-state index is 2.12. The second-order valence-corrected chi connectivity index (χ2v) is 3.79. The molecule has 0 spiro atoms. The molecule has 0 saturated heterocycles. The molecule has 0 amide bonds. The molecule has 0 saturated carbocycles. The van der Waals surface area contributed by atoms with Gasteiger partial charge in [0.25, 0.3) is 0 Å². The van der Waals surface area contributed by atoms with Crippen molar-refractivity contribution in [3.05, 3.63) is 61.2 Å². The predicted octanol–water partition coefficient (Wildman–Crippen LogP) is 2.44. The molecule has 2 heterocycles. The molecule has 0 atom stereocenters. The van der Waals surface area contributed by atoms with Gasteiger partial charge in [-0.15, -0.1) is 0 Å². The summed E-state index contributed by atoms with van der Waals surface area (Å²) in [6.07, 6.45) is 9.25. The first-order valence-electron chi connectivity index (χ1n) is 6.01. The van der Waals surface area contributed by atoms with Crippen molar-refractivity contribution in [2.24, 2.45) is 14.1 Å². The molecule has 18 heavy (non-hydrogen) atoms. The Morgan fingerprint density at radius 3 is 0.944 bits per heavy atom. The summed E-state index contributed by atoms with van der Waals surface area (Å²) in [6, 6.07) is 12.0. The van der Waals surface area contributed by atoms with Gasteiger partial charge in [0.15, 0.2) is 24.8 Å². The summed E-state index contributed by atoms with van der Waals surface area (Å²) >= 11 is 0. The number of rotatable bonds is 0. The van der Waals surface area contributed by atoms with Gasteiger partial charge in [-0.3, -0.25) is 0 Å². The third-order valence-electron chi connectivity index (χ3n) is 1.73. The van der Waals surface area contributed by atoms with Crippen molar-refractivity contribution in [2.45, 2.75) is 20.3 Å². The van der Waals surface area contributed by atoms with E-state index in [4.69, 9.17) is 0 Å². The molecule has 0 aromatic carbocycles. The Morgan fingerprint density at radius 1 is 0.611 bits per heavy atom. The Bertz CT molecular complexity index is 325. The van der Waals surface area contributed by atoms with Gasteiger partial charge in [-0.1, -0.05) is 32.4 Å². The Kier molecular flexibility index (Phi) is 14.9. The first-order chi connectivity index (χ1) is 8.20. The van der Waals surface area contributed by atoms with Crippen LogP contribution in [0, 0.1) is 0 Å². The number of nitrogens with zero attached hydrogens (tertiary/aromatic N) is 2. The van der Waals surface area contributed by atoms with Crippen LogP contribution in [0.4, 0.5) is 0 Å². The zero-order chi connectivity index (χ0) is 12.9. The van der Waals surface area contributed by atoms with E-state index in [1.165, 1.54) is 6.42 Å². The summed E-state index contributed by atoms with van der Waals surface area (Å²) in [6.45, 7) is 4.25. The second kappa shape index (κ2) is 13.9. The summed E-state index contributed by atoms with van der Waals surface area (Å²) in [5.41, 5.74) is 0. The van der Waals surface area contributed by atoms with Crippen LogP contribution in [0.3, 0.4) is 0 Å². The van der Waals surface area contributed by atoms with Gasteiger partial charge in [0.1, 0.15) is 14.1 Å². The average molecular weight is 283 g/mol. The fourth-order valence-electron chi connectivity index (χ4n) is 0.969. The van der Waals surface area contributed by atoms with Gasteiger partial charge < -0.3 is 0 Å². The number of hydrogen-bond acceptors (Lipinski definition) is 0. The minimum absolute atomic E-state index is 0. The number of aromatic nitrogens is 2. The smallest absolute Gasteiger partial charge is 0.168 e. The second-order valence-electron chi connectivity index (χ2n) is 3.79. The third kappa shape index (κ3) is 13.0. The van der Waals surface area contributed by atoms with Crippen LogP contribution in [0.5, 0.6) is 0 Å². The summed E-state index contributed by atoms with van der Waals surface area (Å²) in [5.74, 6) is 0. The van der Waals surface area contributed by atoms with Crippen molar-refractivity contribution in [1.29, 1.82) is 0 Å². The van der Waals surface area contributed by atoms with Crippen LogP contribution in [-0.2, 0) is 32.7 Å². The first-order valence-corrected chi connectivity index (χ1v) is 6.01. The average Bonchev–Trinajstić information content (AvgIpc) is 2.33. The van der Waals surface area contributed by atoms with Gasteiger partial charge in [0.2, 0.25) is 0 Å². The molecule has 0 aliphatic rings. The quantitative estimate of drug-likeness (QED) is 0.656. The van der Waals surface area contributed by atoms with Crippen LogP contribution in [0.1, 0.15) is 20.3 Å². The van der Waals surface area contributed by atoms with Crippen LogP contribution < -0.4 is 9.13 Å². The molecule has 0 aliphatic heterocycles. The summed E-state index contributed by atoms with van der Waals surface area (Å²) < 4.78 is 4.00. The Morgan fingerprint density at radius 2 is 0.833 bits per heavy atom. The normalized spacial score (nSPS) is 7.78. The maximum Gasteiger partial charge on any atom is 0.168 e. The third-order valence-corrected chi connectivity index (χ3v) is 1.73. The van der Waals surface area contributed by atoms with Gasteiger partial charge in [-0.2, -0.15) is 0 Å². The largest absolute Gasteiger partial charge is 0.208 e. The van der Waals surface area contributed by atoms with E-state index < -0.39 is 0 Å². The van der Waals surface area contributed by atoms with Crippen molar-refractivity contribution in [3.63, 3.8) is 0 Å². The molecule has 2 aromatic rings. The molecular weight excluding hydrogens is 259 g/mol. The molecule has 0 unspecified atom stereocenters. The van der Waals surface area contributed by atoms with Crippen LogP contribution in [0.25, 0.3) is 0 Å². The van der Waals surface area contributed by atoms with Crippen LogP contribution in [-0.4, -0.2) is 0 Å². The standard InChI is InChI=1S/2C6H8N.C3H8.V/c2*1-7-5-3-2-4-6-7;1-3-2;/h2*2-6H,1H3;3H2,1-2H3;/q2*+1;;. The van der Waals surface area contributed by atoms with E-state index in [0.29, 0.717) is 0 Å². The first kappa shape index (κ1) is 19.2. The summed E-state index contributed by atoms with van der Waals surface area (Å²) in [7, 11) is 4.00. The molecule has 0 aliphatic carbocycles. The predicted molar refractivity (Wildman–Crippen MR) is 71.2 cm³/mol. The van der Waals surface area contributed by atoms with Crippen molar-refractivity contribution in [1.82, 2.24) is 0 Å². The molecule has 1 radical (unpaired) electrons. The molecule has 2 nitrogen and oxygen atoms in total. The van der Waals surface area contributed by atoms with Gasteiger partial charge in [-0.25, -0.2) is 9.13 Å². The molecule has 0 fully saturated rings. The maximum atomic E-state index is 2.12. The molecule has 0 N–H and O–H groups in total. The van der Waals surface area contributed by atoms with Crippen LogP contribution in [0.2, 0.25) is 0 Å². The molecular formula is C15H24N2V+2. The SMILES string of the molecule is CCC.C[n+]1ccccc1.C[n+]1ccccc1.[V]. The van der Waals surface area contributed by atoms with E-state index in [-0.39, 0.29) is 18.6 Å². The molecule has 97 valence electrons. The van der Waals surface area contributed by atoms with Gasteiger partial charge >= 0.3 is 0 Å². The summed E-state index contributed by atoms with van der Waals surface area (Å²) in [5, 5.41) is 0. The fourth-order valence-corrected chi connectivity index (χ4v) is 0.969. The van der Waals surface area contributed by atoms with E-state index in [0.717, 1.165) is 0 Å². The van der Waals surface area contributed by atoms with Crippen LogP contribution >= 0.6 is 0 Å². The molecule has 2 aromatic heterocycles. The monoisotopic (exact) mass is 283 g/mol. The van der Waals surface area contributed by atoms with Gasteiger partial charge in [-0.05, 0) is 0 Å². The Balaban J connectivity index is 0. The Hall–Kier alpha value is -1.12. The zero-order valence-electron chi connectivity index (χ0n) is 11.8. The van der Waals surface area contributed by atoms with Crippen molar-refractivity contribution >= 4 is 0 Å². The fraction of sp³-hybridized carbons (Fsp3) is 0.333. The van der Waals surface area contributed by atoms with Crippen LogP contribution in [0.15, 0.2) is 61.2 Å². The van der Waals surface area contributed by atoms with Gasteiger partial charge in [0, 0.05) is 42.8 Å². The van der Waals surface area contributed by atoms with Gasteiger partial charge in [0.05, 0.1) is 0 Å². The topological polar surface area (TPSA) is 7.76 Å². The summed E-state index contributed by atoms with van der Waals surface area (Å²) in [4.78, 5) is 0. The molecule has 3 heteroatoms. The minimum Gasteiger partial charge on any atom is -0.208 e. The van der Waals surface area contributed by atoms with E-state index in [1.807, 2.05) is 84.4 Å². The number of hydrogen-bond donors (Lipinski definition) is 0. The van der Waals surface area contributed by atoms with Crippen molar-refractivity contribution < 1.29 is 27.7 Å². The van der Waals surface area contributed by atoms with E-state index in [1.54, 1.807) is 0 Å². The molecule has 2 rings (SSSR count). The molecule has 0 bridgehead atoms. The number of aryl methyl sites for hydroxylation is 2. The van der Waals surface area contributed by atoms with Crippen molar-refractivity contribution in [2.75, 3.05) is 0 Å². The zero-order valence-corrected chi connectivity index (χ0v) is 13.2. The van der Waals surface area contributed by atoms with Crippen molar-refractivity contribution in [3.8, 4) is 0 Å². The Labute approximate surface area is 123 Å². The van der Waals surface area contributed by atoms with E-state index >= 15 is 0 Å². The number of pyridine rings is 2. The van der Waals surface area contributed by atoms with E-state index in [2.05, 4.69) is 13.8 Å². The van der Waals surface area contributed by atoms with E-state index in [9.17, 15) is 0 Å².